The minimum Gasteiger partial charge on any atom is -0.496 e. The molecule has 0 radical (unpaired) electrons. The highest BCUT2D eigenvalue weighted by Gasteiger charge is 2.08. The molecule has 1 aromatic carbocycles. The largest absolute Gasteiger partial charge is 0.496 e. The molecule has 2 rings (SSSR count). The average Bonchev–Trinajstić information content (AvgIpc) is 2.37. The van der Waals surface area contributed by atoms with Crippen molar-refractivity contribution in [2.24, 2.45) is 0 Å². The number of hydrogen-bond donors (Lipinski definition) is 0. The first-order valence-corrected chi connectivity index (χ1v) is 6.26. The summed E-state index contributed by atoms with van der Waals surface area (Å²) >= 11 is 0. The quantitative estimate of drug-likeness (QED) is 0.623. The highest BCUT2D eigenvalue weighted by molar-refractivity contribution is 5.80. The van der Waals surface area contributed by atoms with E-state index in [0.717, 1.165) is 23.1 Å². The highest BCUT2D eigenvalue weighted by Crippen LogP contribution is 2.26. The molecule has 3 nitrogen and oxygen atoms in total. The summed E-state index contributed by atoms with van der Waals surface area (Å²) in [5, 5.41) is 0.926. The van der Waals surface area contributed by atoms with Crippen molar-refractivity contribution in [3.05, 3.63) is 51.4 Å². The van der Waals surface area contributed by atoms with Gasteiger partial charge in [-0.25, -0.2) is 4.79 Å². The van der Waals surface area contributed by atoms with Crippen LogP contribution in [-0.2, 0) is 6.42 Å². The van der Waals surface area contributed by atoms with E-state index in [1.54, 1.807) is 20.1 Å². The maximum absolute atomic E-state index is 11.5. The molecule has 0 aliphatic rings. The Kier molecular flexibility index (Phi) is 3.74. The van der Waals surface area contributed by atoms with E-state index in [9.17, 15) is 4.79 Å². The van der Waals surface area contributed by atoms with Crippen molar-refractivity contribution in [3.8, 4) is 5.75 Å². The van der Waals surface area contributed by atoms with Crippen LogP contribution in [0.1, 0.15) is 25.0 Å². The van der Waals surface area contributed by atoms with Crippen LogP contribution in [0.15, 0.2) is 39.1 Å². The molecule has 0 atom stereocenters. The van der Waals surface area contributed by atoms with Gasteiger partial charge < -0.3 is 9.15 Å². The van der Waals surface area contributed by atoms with Crippen LogP contribution in [-0.4, -0.2) is 7.11 Å². The first-order chi connectivity index (χ1) is 9.01. The number of rotatable bonds is 3. The second kappa shape index (κ2) is 5.31. The molecule has 0 aliphatic carbocycles. The monoisotopic (exact) mass is 258 g/mol. The zero-order chi connectivity index (χ0) is 14.0. The van der Waals surface area contributed by atoms with Crippen molar-refractivity contribution in [1.29, 1.82) is 0 Å². The fourth-order valence-corrected chi connectivity index (χ4v) is 1.96. The molecule has 0 aliphatic heterocycles. The van der Waals surface area contributed by atoms with Gasteiger partial charge in [-0.2, -0.15) is 0 Å². The van der Waals surface area contributed by atoms with Gasteiger partial charge in [0.2, 0.25) is 0 Å². The van der Waals surface area contributed by atoms with Crippen molar-refractivity contribution >= 4 is 11.0 Å². The molecule has 0 unspecified atom stereocenters. The van der Waals surface area contributed by atoms with E-state index in [1.165, 1.54) is 5.57 Å². The van der Waals surface area contributed by atoms with Crippen LogP contribution in [0.2, 0.25) is 0 Å². The third kappa shape index (κ3) is 2.87. The summed E-state index contributed by atoms with van der Waals surface area (Å²) in [5.74, 6) is 0.747. The van der Waals surface area contributed by atoms with E-state index >= 15 is 0 Å². The molecule has 0 spiro atoms. The Morgan fingerprint density at radius 2 is 2.05 bits per heavy atom. The molecule has 3 heteroatoms. The number of ether oxygens (including phenoxy) is 1. The molecule has 100 valence electrons. The molecule has 0 N–H and O–H groups in total. The van der Waals surface area contributed by atoms with Crippen LogP contribution in [0.25, 0.3) is 11.0 Å². The first-order valence-electron chi connectivity index (χ1n) is 6.26. The smallest absolute Gasteiger partial charge is 0.339 e. The Bertz CT molecular complexity index is 689. The molecule has 0 bridgehead atoms. The Labute approximate surface area is 112 Å². The minimum atomic E-state index is -0.299. The number of benzene rings is 1. The van der Waals surface area contributed by atoms with Crippen molar-refractivity contribution < 1.29 is 9.15 Å². The van der Waals surface area contributed by atoms with Crippen molar-refractivity contribution in [1.82, 2.24) is 0 Å². The lowest BCUT2D eigenvalue weighted by molar-refractivity contribution is 0.410. The number of methoxy groups -OCH3 is 1. The molecule has 0 fully saturated rings. The molecule has 1 heterocycles. The second-order valence-electron chi connectivity index (χ2n) is 4.90. The fraction of sp³-hybridized carbons (Fsp3) is 0.312. The predicted octanol–water partition coefficient (Wildman–Crippen LogP) is 3.62. The van der Waals surface area contributed by atoms with Crippen molar-refractivity contribution in [3.63, 3.8) is 0 Å². The number of aryl methyl sites for hydroxylation is 1. The molecule has 19 heavy (non-hydrogen) atoms. The van der Waals surface area contributed by atoms with Crippen LogP contribution < -0.4 is 10.4 Å². The first kappa shape index (κ1) is 13.4. The molecule has 2 aromatic rings. The van der Waals surface area contributed by atoms with Gasteiger partial charge in [-0.05, 0) is 44.9 Å². The molecular weight excluding hydrogens is 240 g/mol. The highest BCUT2D eigenvalue weighted by atomic mass is 16.5. The zero-order valence-electron chi connectivity index (χ0n) is 11.7. The van der Waals surface area contributed by atoms with Gasteiger partial charge in [0.1, 0.15) is 11.3 Å². The van der Waals surface area contributed by atoms with Crippen molar-refractivity contribution in [2.45, 2.75) is 27.2 Å². The van der Waals surface area contributed by atoms with Gasteiger partial charge in [-0.3, -0.25) is 0 Å². The Morgan fingerprint density at radius 1 is 1.32 bits per heavy atom. The van der Waals surface area contributed by atoms with Crippen molar-refractivity contribution in [2.75, 3.05) is 7.11 Å². The molecule has 0 saturated carbocycles. The lowest BCUT2D eigenvalue weighted by Gasteiger charge is -2.09. The summed E-state index contributed by atoms with van der Waals surface area (Å²) in [6.45, 7) is 5.89. The Balaban J connectivity index is 2.60. The van der Waals surface area contributed by atoms with Crippen LogP contribution in [0.4, 0.5) is 0 Å². The van der Waals surface area contributed by atoms with E-state index in [4.69, 9.17) is 9.15 Å². The van der Waals surface area contributed by atoms with E-state index in [2.05, 4.69) is 19.9 Å². The predicted molar refractivity (Wildman–Crippen MR) is 76.9 cm³/mol. The lowest BCUT2D eigenvalue weighted by atomic mass is 10.1. The molecule has 1 aromatic heterocycles. The maximum Gasteiger partial charge on any atom is 0.339 e. The standard InChI is InChI=1S/C16H18O3/c1-10(2)5-6-12-8-13-7-11(3)16(17)19-15(13)9-14(12)18-4/h5,7-9H,6H2,1-4H3. The number of allylic oxidation sites excluding steroid dienone is 2. The van der Waals surface area contributed by atoms with E-state index in [0.29, 0.717) is 11.1 Å². The third-order valence-electron chi connectivity index (χ3n) is 3.04. The van der Waals surface area contributed by atoms with Gasteiger partial charge in [0.25, 0.3) is 0 Å². The molecular formula is C16H18O3. The summed E-state index contributed by atoms with van der Waals surface area (Å²) in [6.07, 6.45) is 2.95. The van der Waals surface area contributed by atoms with Gasteiger partial charge in [0.15, 0.2) is 0 Å². The van der Waals surface area contributed by atoms with E-state index in [1.807, 2.05) is 12.1 Å². The number of fused-ring (bicyclic) bond motifs is 1. The Hall–Kier alpha value is -2.03. The SMILES string of the molecule is COc1cc2oc(=O)c(C)cc2cc1CC=C(C)C. The van der Waals surface area contributed by atoms with Gasteiger partial charge in [-0.1, -0.05) is 11.6 Å². The summed E-state index contributed by atoms with van der Waals surface area (Å²) in [6, 6.07) is 5.65. The van der Waals surface area contributed by atoms with Crippen LogP contribution in [0, 0.1) is 6.92 Å². The maximum atomic E-state index is 11.5. The van der Waals surface area contributed by atoms with Gasteiger partial charge >= 0.3 is 5.63 Å². The summed E-state index contributed by atoms with van der Waals surface area (Å²) in [5.41, 5.74) is 3.23. The zero-order valence-corrected chi connectivity index (χ0v) is 11.7. The topological polar surface area (TPSA) is 39.4 Å². The normalized spacial score (nSPS) is 10.5. The number of hydrogen-bond acceptors (Lipinski definition) is 3. The molecule has 0 amide bonds. The average molecular weight is 258 g/mol. The van der Waals surface area contributed by atoms with Crippen LogP contribution in [0.3, 0.4) is 0 Å². The van der Waals surface area contributed by atoms with Gasteiger partial charge in [0, 0.05) is 17.0 Å². The van der Waals surface area contributed by atoms with Crippen LogP contribution in [0.5, 0.6) is 5.75 Å². The Morgan fingerprint density at radius 3 is 2.68 bits per heavy atom. The minimum absolute atomic E-state index is 0.299. The molecule has 0 saturated heterocycles. The summed E-state index contributed by atoms with van der Waals surface area (Å²) < 4.78 is 10.6. The van der Waals surface area contributed by atoms with E-state index in [-0.39, 0.29) is 5.63 Å². The second-order valence-corrected chi connectivity index (χ2v) is 4.90. The third-order valence-corrected chi connectivity index (χ3v) is 3.04. The van der Waals surface area contributed by atoms with Gasteiger partial charge in [0.05, 0.1) is 7.11 Å². The lowest BCUT2D eigenvalue weighted by Crippen LogP contribution is -2.02. The summed E-state index contributed by atoms with van der Waals surface area (Å²) in [4.78, 5) is 11.5. The van der Waals surface area contributed by atoms with E-state index < -0.39 is 0 Å². The fourth-order valence-electron chi connectivity index (χ4n) is 1.96. The summed E-state index contributed by atoms with van der Waals surface area (Å²) in [7, 11) is 1.62. The van der Waals surface area contributed by atoms with Gasteiger partial charge in [-0.15, -0.1) is 0 Å². The van der Waals surface area contributed by atoms with Crippen LogP contribution >= 0.6 is 0 Å².